The number of hydrogen-bond acceptors (Lipinski definition) is 2. The molecule has 0 aromatic rings. The van der Waals surface area contributed by atoms with Gasteiger partial charge >= 0.3 is 6.18 Å². The third-order valence-electron chi connectivity index (χ3n) is 3.63. The molecular formula is C11H17F3N2O. The maximum Gasteiger partial charge on any atom is 0.403 e. The third-order valence-corrected chi connectivity index (χ3v) is 3.63. The van der Waals surface area contributed by atoms with Crippen LogP contribution in [-0.4, -0.2) is 30.7 Å². The zero-order valence-electron chi connectivity index (χ0n) is 9.52. The smallest absolute Gasteiger partial charge is 0.352 e. The molecule has 0 aromatic heterocycles. The molecule has 1 aliphatic heterocycles. The molecule has 2 rings (SSSR count). The molecule has 6 heteroatoms. The highest BCUT2D eigenvalue weighted by Crippen LogP contribution is 2.28. The summed E-state index contributed by atoms with van der Waals surface area (Å²) in [5.74, 6) is 0.101. The monoisotopic (exact) mass is 250 g/mol. The van der Waals surface area contributed by atoms with Crippen LogP contribution in [0.15, 0.2) is 0 Å². The summed E-state index contributed by atoms with van der Waals surface area (Å²) in [6, 6.07) is -1.57. The van der Waals surface area contributed by atoms with E-state index >= 15 is 0 Å². The molecule has 1 saturated carbocycles. The van der Waals surface area contributed by atoms with Gasteiger partial charge in [0.1, 0.15) is 6.04 Å². The normalized spacial score (nSPS) is 30.8. The van der Waals surface area contributed by atoms with Crippen LogP contribution in [0.25, 0.3) is 0 Å². The Bertz CT molecular complexity index is 281. The van der Waals surface area contributed by atoms with Crippen LogP contribution < -0.4 is 10.6 Å². The van der Waals surface area contributed by atoms with Gasteiger partial charge in [-0.2, -0.15) is 13.2 Å². The molecular weight excluding hydrogens is 233 g/mol. The summed E-state index contributed by atoms with van der Waals surface area (Å²) in [6.45, 7) is 0.211. The maximum absolute atomic E-state index is 12.4. The second-order valence-corrected chi connectivity index (χ2v) is 4.91. The molecule has 1 aliphatic carbocycles. The molecule has 2 fully saturated rings. The van der Waals surface area contributed by atoms with Gasteiger partial charge in [-0.05, 0) is 25.7 Å². The van der Waals surface area contributed by atoms with E-state index < -0.39 is 12.2 Å². The van der Waals surface area contributed by atoms with Crippen molar-refractivity contribution in [3.63, 3.8) is 0 Å². The number of piperidine rings is 1. The molecule has 0 spiro atoms. The maximum atomic E-state index is 12.4. The van der Waals surface area contributed by atoms with Gasteiger partial charge in [-0.25, -0.2) is 0 Å². The van der Waals surface area contributed by atoms with Gasteiger partial charge in [-0.3, -0.25) is 4.79 Å². The van der Waals surface area contributed by atoms with E-state index in [1.165, 1.54) is 0 Å². The minimum Gasteiger partial charge on any atom is -0.352 e. The number of carbonyl (C=O) groups is 1. The molecule has 0 aromatic carbocycles. The zero-order valence-corrected chi connectivity index (χ0v) is 9.52. The fraction of sp³-hybridized carbons (Fsp3) is 0.909. The number of carbonyl (C=O) groups excluding carboxylic acids is 1. The summed E-state index contributed by atoms with van der Waals surface area (Å²) in [4.78, 5) is 11.6. The number of hydrogen-bond donors (Lipinski definition) is 2. The van der Waals surface area contributed by atoms with E-state index in [9.17, 15) is 18.0 Å². The topological polar surface area (TPSA) is 41.1 Å². The molecule has 1 saturated heterocycles. The Labute approximate surface area is 98.1 Å². The highest BCUT2D eigenvalue weighted by molar-refractivity contribution is 5.79. The molecule has 98 valence electrons. The van der Waals surface area contributed by atoms with Crippen LogP contribution in [0, 0.1) is 5.92 Å². The van der Waals surface area contributed by atoms with Crippen LogP contribution >= 0.6 is 0 Å². The Kier molecular flexibility index (Phi) is 3.61. The summed E-state index contributed by atoms with van der Waals surface area (Å²) in [7, 11) is 0. The van der Waals surface area contributed by atoms with E-state index in [0.29, 0.717) is 6.42 Å². The number of halogens is 3. The highest BCUT2D eigenvalue weighted by Gasteiger charge is 2.41. The molecule has 3 nitrogen and oxygen atoms in total. The van der Waals surface area contributed by atoms with Crippen molar-refractivity contribution in [1.29, 1.82) is 0 Å². The number of amides is 1. The summed E-state index contributed by atoms with van der Waals surface area (Å²) in [6.07, 6.45) is -0.830. The minimum atomic E-state index is -4.18. The molecule has 2 unspecified atom stereocenters. The Morgan fingerprint density at radius 3 is 2.29 bits per heavy atom. The van der Waals surface area contributed by atoms with Gasteiger partial charge in [-0.15, -0.1) is 0 Å². The van der Waals surface area contributed by atoms with Gasteiger partial charge in [0.25, 0.3) is 0 Å². The molecule has 0 bridgehead atoms. The first-order valence-electron chi connectivity index (χ1n) is 6.07. The molecule has 2 N–H and O–H groups in total. The average molecular weight is 250 g/mol. The quantitative estimate of drug-likeness (QED) is 0.781. The predicted molar refractivity (Wildman–Crippen MR) is 56.4 cm³/mol. The van der Waals surface area contributed by atoms with E-state index in [1.807, 2.05) is 0 Å². The van der Waals surface area contributed by atoms with Crippen LogP contribution in [-0.2, 0) is 4.79 Å². The lowest BCUT2D eigenvalue weighted by Crippen LogP contribution is -2.55. The highest BCUT2D eigenvalue weighted by atomic mass is 19.4. The van der Waals surface area contributed by atoms with Crippen LogP contribution in [0.1, 0.15) is 32.1 Å². The zero-order chi connectivity index (χ0) is 12.5. The third kappa shape index (κ3) is 3.12. The first kappa shape index (κ1) is 12.7. The lowest BCUT2D eigenvalue weighted by atomic mass is 9.84. The summed E-state index contributed by atoms with van der Waals surface area (Å²) in [5.41, 5.74) is 0. The van der Waals surface area contributed by atoms with E-state index in [0.717, 1.165) is 19.3 Å². The summed E-state index contributed by atoms with van der Waals surface area (Å²) in [5, 5.41) is 5.27. The van der Waals surface area contributed by atoms with Crippen LogP contribution in [0.2, 0.25) is 0 Å². The van der Waals surface area contributed by atoms with Gasteiger partial charge < -0.3 is 10.6 Å². The Morgan fingerprint density at radius 2 is 1.88 bits per heavy atom. The molecule has 1 amide bonds. The largest absolute Gasteiger partial charge is 0.403 e. The first-order chi connectivity index (χ1) is 7.97. The minimum absolute atomic E-state index is 0.00788. The number of rotatable bonds is 2. The Balaban J connectivity index is 1.73. The standard InChI is InChI=1S/C11H17F3N2O/c12-11(13,14)9-5-4-8(6-15-9)16-10(17)7-2-1-3-7/h7-9,15H,1-6H2,(H,16,17). The summed E-state index contributed by atoms with van der Waals surface area (Å²) < 4.78 is 37.1. The van der Waals surface area contributed by atoms with Crippen molar-refractivity contribution >= 4 is 5.91 Å². The van der Waals surface area contributed by atoms with Gasteiger partial charge in [-0.1, -0.05) is 6.42 Å². The van der Waals surface area contributed by atoms with E-state index in [-0.39, 0.29) is 30.8 Å². The van der Waals surface area contributed by atoms with Gasteiger partial charge in [0.05, 0.1) is 0 Å². The van der Waals surface area contributed by atoms with Crippen molar-refractivity contribution in [2.45, 2.75) is 50.4 Å². The fourth-order valence-corrected chi connectivity index (χ4v) is 2.25. The molecule has 2 aliphatic rings. The van der Waals surface area contributed by atoms with Crippen molar-refractivity contribution in [1.82, 2.24) is 10.6 Å². The molecule has 1 heterocycles. The molecule has 17 heavy (non-hydrogen) atoms. The van der Waals surface area contributed by atoms with Crippen molar-refractivity contribution < 1.29 is 18.0 Å². The van der Waals surface area contributed by atoms with Crippen molar-refractivity contribution in [3.8, 4) is 0 Å². The van der Waals surface area contributed by atoms with Crippen LogP contribution in [0.5, 0.6) is 0 Å². The van der Waals surface area contributed by atoms with E-state index in [2.05, 4.69) is 10.6 Å². The first-order valence-corrected chi connectivity index (χ1v) is 6.07. The van der Waals surface area contributed by atoms with E-state index in [4.69, 9.17) is 0 Å². The molecule has 0 radical (unpaired) electrons. The number of nitrogens with one attached hydrogen (secondary N) is 2. The van der Waals surface area contributed by atoms with Crippen molar-refractivity contribution in [3.05, 3.63) is 0 Å². The second-order valence-electron chi connectivity index (χ2n) is 4.91. The second kappa shape index (κ2) is 4.84. The van der Waals surface area contributed by atoms with Gasteiger partial charge in [0.15, 0.2) is 0 Å². The Morgan fingerprint density at radius 1 is 1.18 bits per heavy atom. The number of alkyl halides is 3. The van der Waals surface area contributed by atoms with E-state index in [1.54, 1.807) is 0 Å². The average Bonchev–Trinajstić information content (AvgIpc) is 2.13. The van der Waals surface area contributed by atoms with Crippen LogP contribution in [0.4, 0.5) is 13.2 Å². The molecule has 2 atom stereocenters. The van der Waals surface area contributed by atoms with Crippen LogP contribution in [0.3, 0.4) is 0 Å². The Hall–Kier alpha value is -0.780. The lowest BCUT2D eigenvalue weighted by molar-refractivity contribution is -0.161. The van der Waals surface area contributed by atoms with Crippen molar-refractivity contribution in [2.24, 2.45) is 5.92 Å². The van der Waals surface area contributed by atoms with Gasteiger partial charge in [0.2, 0.25) is 5.91 Å². The van der Waals surface area contributed by atoms with Crippen molar-refractivity contribution in [2.75, 3.05) is 6.54 Å². The SMILES string of the molecule is O=C(NC1CCC(C(F)(F)F)NC1)C1CCC1. The van der Waals surface area contributed by atoms with Gasteiger partial charge in [0, 0.05) is 18.5 Å². The summed E-state index contributed by atoms with van der Waals surface area (Å²) >= 11 is 0. The lowest BCUT2D eigenvalue weighted by Gasteiger charge is -2.33. The predicted octanol–water partition coefficient (Wildman–Crippen LogP) is 1.59. The fourth-order valence-electron chi connectivity index (χ4n) is 2.25.